The number of hydrogen-bond donors (Lipinski definition) is 2. The molecule has 1 amide bonds. The lowest BCUT2D eigenvalue weighted by Crippen LogP contribution is -2.60. The number of benzene rings is 1. The van der Waals surface area contributed by atoms with Crippen molar-refractivity contribution in [3.05, 3.63) is 52.8 Å². The maximum atomic E-state index is 13.3. The van der Waals surface area contributed by atoms with E-state index >= 15 is 0 Å². The van der Waals surface area contributed by atoms with Crippen molar-refractivity contribution in [1.29, 1.82) is 0 Å². The number of piperidine rings is 1. The number of amides is 1. The van der Waals surface area contributed by atoms with Crippen LogP contribution in [0.3, 0.4) is 0 Å². The first kappa shape index (κ1) is 26.3. The molecule has 5 nitrogen and oxygen atoms in total. The number of aromatic nitrogens is 2. The van der Waals surface area contributed by atoms with Gasteiger partial charge < -0.3 is 15.2 Å². The van der Waals surface area contributed by atoms with Gasteiger partial charge in [0.1, 0.15) is 0 Å². The number of nitrogens with one attached hydrogen (secondary N) is 2. The minimum atomic E-state index is 0.259. The second-order valence-electron chi connectivity index (χ2n) is 14.2. The van der Waals surface area contributed by atoms with E-state index in [4.69, 9.17) is 0 Å². The monoisotopic (exact) mass is 538 g/mol. The second kappa shape index (κ2) is 10.0. The van der Waals surface area contributed by atoms with E-state index in [1.165, 1.54) is 71.8 Å². The quantitative estimate of drug-likeness (QED) is 0.348. The van der Waals surface area contributed by atoms with Crippen LogP contribution in [-0.4, -0.2) is 45.9 Å². The molecule has 1 saturated heterocycles. The first-order valence-electron chi connectivity index (χ1n) is 15.9. The third-order valence-corrected chi connectivity index (χ3v) is 10.8. The molecule has 5 fully saturated rings. The molecule has 0 radical (unpaired) electrons. The van der Waals surface area contributed by atoms with Crippen molar-refractivity contribution < 1.29 is 4.79 Å². The van der Waals surface area contributed by atoms with Crippen LogP contribution in [0.4, 0.5) is 0 Å². The molecule has 4 saturated carbocycles. The summed E-state index contributed by atoms with van der Waals surface area (Å²) < 4.78 is 0. The summed E-state index contributed by atoms with van der Waals surface area (Å²) in [6.07, 6.45) is 10.3. The van der Waals surface area contributed by atoms with Crippen molar-refractivity contribution in [2.24, 2.45) is 17.8 Å². The Hall–Kier alpha value is -2.66. The average molecular weight is 539 g/mol. The number of aryl methyl sites for hydroxylation is 2. The number of carbonyl (C=O) groups excluding carboxylic acids is 1. The minimum Gasteiger partial charge on any atom is -0.354 e. The number of carbonyl (C=O) groups is 1. The van der Waals surface area contributed by atoms with Crippen LogP contribution in [0.2, 0.25) is 0 Å². The van der Waals surface area contributed by atoms with Gasteiger partial charge in [0.2, 0.25) is 5.91 Å². The van der Waals surface area contributed by atoms with E-state index in [-0.39, 0.29) is 5.54 Å². The van der Waals surface area contributed by atoms with Crippen LogP contribution >= 0.6 is 0 Å². The maximum Gasteiger partial charge on any atom is 0.236 e. The SMILES string of the molecule is Cc1cc(-c2[nH]c3ccc(C4CCN(C(=O)CNC56CC7CC(CC(C7)C5)C6)CC4)cc3c2C(C)C)cc(C)n1. The van der Waals surface area contributed by atoms with Crippen molar-refractivity contribution in [2.75, 3.05) is 19.6 Å². The number of fused-ring (bicyclic) bond motifs is 1. The van der Waals surface area contributed by atoms with E-state index in [0.717, 1.165) is 55.1 Å². The van der Waals surface area contributed by atoms with Gasteiger partial charge in [-0.2, -0.15) is 0 Å². The average Bonchev–Trinajstić information content (AvgIpc) is 3.30. The number of H-pyrrole nitrogens is 1. The number of rotatable bonds is 6. The summed E-state index contributed by atoms with van der Waals surface area (Å²) in [5.41, 5.74) is 8.83. The fourth-order valence-corrected chi connectivity index (χ4v) is 9.45. The van der Waals surface area contributed by atoms with E-state index in [1.807, 2.05) is 0 Å². The Labute approximate surface area is 239 Å². The van der Waals surface area contributed by atoms with Crippen LogP contribution in [0.25, 0.3) is 22.2 Å². The van der Waals surface area contributed by atoms with Crippen molar-refractivity contribution in [3.63, 3.8) is 0 Å². The topological polar surface area (TPSA) is 61.0 Å². The summed E-state index contributed by atoms with van der Waals surface area (Å²) in [5.74, 6) is 3.96. The zero-order valence-corrected chi connectivity index (χ0v) is 24.9. The number of aromatic amines is 1. The van der Waals surface area contributed by atoms with Crippen LogP contribution < -0.4 is 5.32 Å². The summed E-state index contributed by atoms with van der Waals surface area (Å²) in [7, 11) is 0. The Bertz CT molecular complexity index is 1370. The Kier molecular flexibility index (Phi) is 6.57. The van der Waals surface area contributed by atoms with Gasteiger partial charge >= 0.3 is 0 Å². The molecule has 2 aromatic heterocycles. The molecule has 3 heterocycles. The number of nitrogens with zero attached hydrogens (tertiary/aromatic N) is 2. The molecular weight excluding hydrogens is 492 g/mol. The highest BCUT2D eigenvalue weighted by molar-refractivity contribution is 5.92. The highest BCUT2D eigenvalue weighted by Gasteiger charge is 2.50. The fraction of sp³-hybridized carbons (Fsp3) is 0.600. The Balaban J connectivity index is 1.03. The molecular formula is C35H46N4O. The molecule has 1 aromatic carbocycles. The molecule has 40 heavy (non-hydrogen) atoms. The lowest BCUT2D eigenvalue weighted by molar-refractivity contribution is -0.132. The summed E-state index contributed by atoms with van der Waals surface area (Å²) in [4.78, 5) is 23.7. The normalized spacial score (nSPS) is 28.2. The van der Waals surface area contributed by atoms with Gasteiger partial charge in [-0.05, 0) is 130 Å². The second-order valence-corrected chi connectivity index (χ2v) is 14.2. The standard InChI is InChI=1S/C35H46N4O/c1-21(2)33-30-16-28(5-6-31(30)38-34(33)29-11-22(3)37-23(4)12-29)27-7-9-39(10-8-27)32(40)20-36-35-17-24-13-25(18-35)15-26(14-24)19-35/h5-6,11-12,16,21,24-27,36,38H,7-10,13-15,17-20H2,1-4H3. The number of hydrogen-bond acceptors (Lipinski definition) is 3. The van der Waals surface area contributed by atoms with Crippen molar-refractivity contribution in [1.82, 2.24) is 20.2 Å². The number of pyridine rings is 1. The van der Waals surface area contributed by atoms with Gasteiger partial charge in [0.25, 0.3) is 0 Å². The maximum absolute atomic E-state index is 13.3. The molecule has 4 bridgehead atoms. The molecule has 5 heteroatoms. The molecule has 8 rings (SSSR count). The van der Waals surface area contributed by atoms with Gasteiger partial charge in [0, 0.05) is 46.5 Å². The van der Waals surface area contributed by atoms with E-state index in [1.54, 1.807) is 0 Å². The zero-order valence-electron chi connectivity index (χ0n) is 24.9. The summed E-state index contributed by atoms with van der Waals surface area (Å²) >= 11 is 0. The number of likely N-dealkylation sites (tertiary alicyclic amines) is 1. The Morgan fingerprint density at radius 3 is 2.23 bits per heavy atom. The lowest BCUT2D eigenvalue weighted by Gasteiger charge is -2.57. The van der Waals surface area contributed by atoms with E-state index in [9.17, 15) is 4.79 Å². The smallest absolute Gasteiger partial charge is 0.236 e. The van der Waals surface area contributed by atoms with Crippen molar-refractivity contribution in [2.45, 2.75) is 96.4 Å². The van der Waals surface area contributed by atoms with Crippen LogP contribution in [0.5, 0.6) is 0 Å². The summed E-state index contributed by atoms with van der Waals surface area (Å²) in [6, 6.07) is 11.4. The van der Waals surface area contributed by atoms with E-state index in [0.29, 0.717) is 24.3 Å². The molecule has 212 valence electrons. The predicted octanol–water partition coefficient (Wildman–Crippen LogP) is 7.23. The Morgan fingerprint density at radius 1 is 1.00 bits per heavy atom. The molecule has 0 atom stereocenters. The van der Waals surface area contributed by atoms with Crippen LogP contribution in [0.1, 0.15) is 99.6 Å². The van der Waals surface area contributed by atoms with Gasteiger partial charge in [-0.15, -0.1) is 0 Å². The summed E-state index contributed by atoms with van der Waals surface area (Å²) in [5, 5.41) is 5.17. The van der Waals surface area contributed by atoms with Gasteiger partial charge in [0.05, 0.1) is 12.2 Å². The molecule has 4 aliphatic carbocycles. The lowest BCUT2D eigenvalue weighted by atomic mass is 9.53. The van der Waals surface area contributed by atoms with Gasteiger partial charge in [-0.3, -0.25) is 9.78 Å². The van der Waals surface area contributed by atoms with E-state index in [2.05, 4.69) is 78.2 Å². The van der Waals surface area contributed by atoms with Gasteiger partial charge in [-0.1, -0.05) is 19.9 Å². The van der Waals surface area contributed by atoms with Gasteiger partial charge in [0.15, 0.2) is 0 Å². The zero-order chi connectivity index (χ0) is 27.6. The van der Waals surface area contributed by atoms with Crippen molar-refractivity contribution >= 4 is 16.8 Å². The van der Waals surface area contributed by atoms with Crippen molar-refractivity contribution in [3.8, 4) is 11.3 Å². The largest absolute Gasteiger partial charge is 0.354 e. The summed E-state index contributed by atoms with van der Waals surface area (Å²) in [6.45, 7) is 11.0. The molecule has 1 aliphatic heterocycles. The Morgan fingerprint density at radius 2 is 1.62 bits per heavy atom. The third-order valence-electron chi connectivity index (χ3n) is 10.8. The molecule has 5 aliphatic rings. The van der Waals surface area contributed by atoms with E-state index < -0.39 is 0 Å². The first-order valence-corrected chi connectivity index (χ1v) is 15.9. The molecule has 0 unspecified atom stereocenters. The fourth-order valence-electron chi connectivity index (χ4n) is 9.45. The van der Waals surface area contributed by atoms with Gasteiger partial charge in [-0.25, -0.2) is 0 Å². The third kappa shape index (κ3) is 4.78. The highest BCUT2D eigenvalue weighted by Crippen LogP contribution is 2.55. The van der Waals surface area contributed by atoms with Crippen LogP contribution in [0.15, 0.2) is 30.3 Å². The first-order chi connectivity index (χ1) is 19.2. The predicted molar refractivity (Wildman–Crippen MR) is 163 cm³/mol. The molecule has 0 spiro atoms. The van der Waals surface area contributed by atoms with Crippen LogP contribution in [-0.2, 0) is 4.79 Å². The molecule has 3 aromatic rings. The minimum absolute atomic E-state index is 0.259. The highest BCUT2D eigenvalue weighted by atomic mass is 16.2. The van der Waals surface area contributed by atoms with Crippen LogP contribution in [0, 0.1) is 31.6 Å². The molecule has 2 N–H and O–H groups in total.